The molecule has 1 atom stereocenters. The monoisotopic (exact) mass is 283 g/mol. The number of aryl methyl sites for hydroxylation is 1. The molecule has 0 saturated carbocycles. The molecule has 112 valence electrons. The van der Waals surface area contributed by atoms with Crippen LogP contribution in [0.3, 0.4) is 0 Å². The Morgan fingerprint density at radius 2 is 2.10 bits per heavy atom. The summed E-state index contributed by atoms with van der Waals surface area (Å²) in [5, 5.41) is 3.50. The average Bonchev–Trinajstić information content (AvgIpc) is 2.92. The summed E-state index contributed by atoms with van der Waals surface area (Å²) < 4.78 is 0. The molecule has 0 saturated heterocycles. The molecule has 3 nitrogen and oxygen atoms in total. The van der Waals surface area contributed by atoms with E-state index in [4.69, 9.17) is 0 Å². The maximum absolute atomic E-state index is 4.64. The zero-order valence-corrected chi connectivity index (χ0v) is 13.2. The first-order chi connectivity index (χ1) is 10.0. The molecule has 1 unspecified atom stereocenters. The number of rotatable bonds is 3. The van der Waals surface area contributed by atoms with Gasteiger partial charge in [0, 0.05) is 29.9 Å². The first kappa shape index (κ1) is 14.3. The van der Waals surface area contributed by atoms with Gasteiger partial charge < -0.3 is 10.3 Å². The number of H-pyrrole nitrogens is 1. The zero-order chi connectivity index (χ0) is 14.9. The fraction of sp³-hybridized carbons (Fsp3) is 0.500. The number of hydrogen-bond acceptors (Lipinski definition) is 2. The lowest BCUT2D eigenvalue weighted by molar-refractivity contribution is 0.421. The molecular formula is C18H25N3. The quantitative estimate of drug-likeness (QED) is 0.900. The third-order valence-corrected chi connectivity index (χ3v) is 4.16. The molecule has 2 aromatic rings. The molecule has 0 fully saturated rings. The van der Waals surface area contributed by atoms with E-state index in [0.717, 1.165) is 12.4 Å². The Morgan fingerprint density at radius 3 is 2.90 bits per heavy atom. The minimum Gasteiger partial charge on any atom is -0.344 e. The molecule has 0 amide bonds. The van der Waals surface area contributed by atoms with Crippen molar-refractivity contribution in [2.45, 2.75) is 58.0 Å². The summed E-state index contributed by atoms with van der Waals surface area (Å²) in [5.41, 5.74) is 4.24. The highest BCUT2D eigenvalue weighted by Crippen LogP contribution is 2.35. The topological polar surface area (TPSA) is 40.7 Å². The smallest absolute Gasteiger partial charge is 0.113 e. The van der Waals surface area contributed by atoms with Gasteiger partial charge in [-0.3, -0.25) is 0 Å². The normalized spacial score (nSPS) is 18.5. The minimum absolute atomic E-state index is 0.128. The third-order valence-electron chi connectivity index (χ3n) is 4.16. The Bertz CT molecular complexity index is 607. The number of nitrogens with one attached hydrogen (secondary N) is 2. The van der Waals surface area contributed by atoms with Crippen molar-refractivity contribution in [3.05, 3.63) is 53.1 Å². The van der Waals surface area contributed by atoms with Crippen LogP contribution in [0.1, 0.15) is 62.2 Å². The SMILES string of the molecule is CC(C)(C)NCc1cnc(C2CCCc3ccccc32)[nH]1. The van der Waals surface area contributed by atoms with Gasteiger partial charge in [-0.1, -0.05) is 24.3 Å². The number of benzene rings is 1. The summed E-state index contributed by atoms with van der Waals surface area (Å²) >= 11 is 0. The molecule has 0 aliphatic heterocycles. The highest BCUT2D eigenvalue weighted by Gasteiger charge is 2.23. The van der Waals surface area contributed by atoms with E-state index in [9.17, 15) is 0 Å². The van der Waals surface area contributed by atoms with Gasteiger partial charge in [0.05, 0.1) is 0 Å². The standard InChI is InChI=1S/C18H25N3/c1-18(2,3)20-12-14-11-19-17(21-14)16-10-6-8-13-7-4-5-9-15(13)16/h4-5,7,9,11,16,20H,6,8,10,12H2,1-3H3,(H,19,21). The van der Waals surface area contributed by atoms with Crippen LogP contribution in [0.2, 0.25) is 0 Å². The van der Waals surface area contributed by atoms with Crippen LogP contribution in [0.15, 0.2) is 30.5 Å². The molecule has 3 rings (SSSR count). The molecule has 2 N–H and O–H groups in total. The van der Waals surface area contributed by atoms with Crippen LogP contribution in [0.4, 0.5) is 0 Å². The van der Waals surface area contributed by atoms with Crippen molar-refractivity contribution in [3.63, 3.8) is 0 Å². The maximum atomic E-state index is 4.64. The second-order valence-corrected chi connectivity index (χ2v) is 7.04. The predicted octanol–water partition coefficient (Wildman–Crippen LogP) is 3.77. The van der Waals surface area contributed by atoms with E-state index in [1.165, 1.54) is 36.1 Å². The Balaban J connectivity index is 1.78. The molecule has 1 aliphatic rings. The summed E-state index contributed by atoms with van der Waals surface area (Å²) in [6, 6.07) is 8.80. The van der Waals surface area contributed by atoms with Gasteiger partial charge in [0.15, 0.2) is 0 Å². The predicted molar refractivity (Wildman–Crippen MR) is 86.4 cm³/mol. The van der Waals surface area contributed by atoms with Gasteiger partial charge in [-0.25, -0.2) is 4.98 Å². The van der Waals surface area contributed by atoms with Crippen molar-refractivity contribution in [2.24, 2.45) is 0 Å². The fourth-order valence-electron chi connectivity index (χ4n) is 3.04. The first-order valence-electron chi connectivity index (χ1n) is 7.89. The number of aromatic amines is 1. The van der Waals surface area contributed by atoms with E-state index in [0.29, 0.717) is 5.92 Å². The molecule has 0 radical (unpaired) electrons. The Labute approximate surface area is 127 Å². The largest absolute Gasteiger partial charge is 0.344 e. The van der Waals surface area contributed by atoms with Crippen molar-refractivity contribution in [2.75, 3.05) is 0 Å². The summed E-state index contributed by atoms with van der Waals surface area (Å²) in [5.74, 6) is 1.55. The summed E-state index contributed by atoms with van der Waals surface area (Å²) in [7, 11) is 0. The number of imidazole rings is 1. The summed E-state index contributed by atoms with van der Waals surface area (Å²) in [4.78, 5) is 8.17. The van der Waals surface area contributed by atoms with Crippen molar-refractivity contribution in [3.8, 4) is 0 Å². The van der Waals surface area contributed by atoms with Crippen molar-refractivity contribution in [1.29, 1.82) is 0 Å². The molecule has 0 spiro atoms. The van der Waals surface area contributed by atoms with Gasteiger partial charge in [-0.05, 0) is 51.2 Å². The second kappa shape index (κ2) is 5.64. The highest BCUT2D eigenvalue weighted by atomic mass is 15.0. The lowest BCUT2D eigenvalue weighted by atomic mass is 9.82. The van der Waals surface area contributed by atoms with Crippen LogP contribution in [0.25, 0.3) is 0 Å². The van der Waals surface area contributed by atoms with E-state index in [1.54, 1.807) is 0 Å². The molecule has 1 heterocycles. The van der Waals surface area contributed by atoms with Crippen LogP contribution in [0, 0.1) is 0 Å². The second-order valence-electron chi connectivity index (χ2n) is 7.04. The van der Waals surface area contributed by atoms with E-state index in [-0.39, 0.29) is 5.54 Å². The van der Waals surface area contributed by atoms with Crippen molar-refractivity contribution >= 4 is 0 Å². The highest BCUT2D eigenvalue weighted by molar-refractivity contribution is 5.36. The third kappa shape index (κ3) is 3.35. The van der Waals surface area contributed by atoms with Crippen LogP contribution in [-0.4, -0.2) is 15.5 Å². The number of aromatic nitrogens is 2. The number of hydrogen-bond donors (Lipinski definition) is 2. The van der Waals surface area contributed by atoms with E-state index in [2.05, 4.69) is 60.3 Å². The van der Waals surface area contributed by atoms with Crippen molar-refractivity contribution in [1.82, 2.24) is 15.3 Å². The van der Waals surface area contributed by atoms with Gasteiger partial charge in [0.2, 0.25) is 0 Å². The maximum Gasteiger partial charge on any atom is 0.113 e. The average molecular weight is 283 g/mol. The first-order valence-corrected chi connectivity index (χ1v) is 7.89. The van der Waals surface area contributed by atoms with Crippen LogP contribution in [-0.2, 0) is 13.0 Å². The Kier molecular flexibility index (Phi) is 3.85. The molecule has 1 aromatic carbocycles. The van der Waals surface area contributed by atoms with Crippen LogP contribution >= 0.6 is 0 Å². The molecule has 1 aromatic heterocycles. The molecule has 21 heavy (non-hydrogen) atoms. The van der Waals surface area contributed by atoms with Gasteiger partial charge in [-0.15, -0.1) is 0 Å². The molecule has 0 bridgehead atoms. The van der Waals surface area contributed by atoms with E-state index >= 15 is 0 Å². The minimum atomic E-state index is 0.128. The van der Waals surface area contributed by atoms with Gasteiger partial charge in [-0.2, -0.15) is 0 Å². The van der Waals surface area contributed by atoms with Gasteiger partial charge >= 0.3 is 0 Å². The molecule has 1 aliphatic carbocycles. The Morgan fingerprint density at radius 1 is 1.29 bits per heavy atom. The van der Waals surface area contributed by atoms with E-state index < -0.39 is 0 Å². The lowest BCUT2D eigenvalue weighted by Crippen LogP contribution is -2.35. The zero-order valence-electron chi connectivity index (χ0n) is 13.2. The number of fused-ring (bicyclic) bond motifs is 1. The molecule has 3 heteroatoms. The summed E-state index contributed by atoms with van der Waals surface area (Å²) in [6.07, 6.45) is 5.62. The van der Waals surface area contributed by atoms with E-state index in [1.807, 2.05) is 6.20 Å². The van der Waals surface area contributed by atoms with Crippen LogP contribution < -0.4 is 5.32 Å². The number of nitrogens with zero attached hydrogens (tertiary/aromatic N) is 1. The van der Waals surface area contributed by atoms with Crippen LogP contribution in [0.5, 0.6) is 0 Å². The summed E-state index contributed by atoms with van der Waals surface area (Å²) in [6.45, 7) is 7.38. The Hall–Kier alpha value is -1.61. The lowest BCUT2D eigenvalue weighted by Gasteiger charge is -2.24. The van der Waals surface area contributed by atoms with Gasteiger partial charge in [0.25, 0.3) is 0 Å². The van der Waals surface area contributed by atoms with Gasteiger partial charge in [0.1, 0.15) is 5.82 Å². The fourth-order valence-corrected chi connectivity index (χ4v) is 3.04. The van der Waals surface area contributed by atoms with Crippen molar-refractivity contribution < 1.29 is 0 Å². The molecular weight excluding hydrogens is 258 g/mol.